The molecule has 5 heteroatoms. The molecule has 0 heterocycles. The first-order valence-electron chi connectivity index (χ1n) is 8.72. The highest BCUT2D eigenvalue weighted by Crippen LogP contribution is 2.13. The van der Waals surface area contributed by atoms with Gasteiger partial charge in [0.2, 0.25) is 5.91 Å². The molecule has 0 aromatic heterocycles. The number of amides is 1. The Hall–Kier alpha value is -2.82. The van der Waals surface area contributed by atoms with Gasteiger partial charge >= 0.3 is 0 Å². The molecule has 0 spiro atoms. The van der Waals surface area contributed by atoms with Crippen molar-refractivity contribution in [3.8, 4) is 11.5 Å². The van der Waals surface area contributed by atoms with Gasteiger partial charge in [-0.25, -0.2) is 0 Å². The summed E-state index contributed by atoms with van der Waals surface area (Å²) < 4.78 is 10.7. The summed E-state index contributed by atoms with van der Waals surface area (Å²) in [5.74, 6) is 1.58. The Morgan fingerprint density at radius 2 is 1.62 bits per heavy atom. The van der Waals surface area contributed by atoms with Crippen molar-refractivity contribution in [1.82, 2.24) is 5.32 Å². The summed E-state index contributed by atoms with van der Waals surface area (Å²) in [6, 6.07) is 14.8. The van der Waals surface area contributed by atoms with Gasteiger partial charge in [-0.05, 0) is 61.7 Å². The summed E-state index contributed by atoms with van der Waals surface area (Å²) in [5, 5.41) is 2.92. The predicted molar refractivity (Wildman–Crippen MR) is 101 cm³/mol. The van der Waals surface area contributed by atoms with Crippen molar-refractivity contribution in [2.75, 3.05) is 20.3 Å². The van der Waals surface area contributed by atoms with Gasteiger partial charge in [0.05, 0.1) is 13.7 Å². The molecule has 0 saturated carbocycles. The molecule has 0 saturated heterocycles. The summed E-state index contributed by atoms with van der Waals surface area (Å²) in [6.07, 6.45) is 1.85. The van der Waals surface area contributed by atoms with Crippen molar-refractivity contribution in [3.05, 3.63) is 59.7 Å². The SMILES string of the molecule is COc1ccc(CCNC(=O)CCCOc2ccc(C(C)=O)cc2)cc1. The van der Waals surface area contributed by atoms with Crippen molar-refractivity contribution >= 4 is 11.7 Å². The van der Waals surface area contributed by atoms with Crippen LogP contribution in [0.5, 0.6) is 11.5 Å². The number of benzene rings is 2. The zero-order valence-corrected chi connectivity index (χ0v) is 15.3. The van der Waals surface area contributed by atoms with Crippen molar-refractivity contribution in [2.45, 2.75) is 26.2 Å². The van der Waals surface area contributed by atoms with Crippen LogP contribution in [0.4, 0.5) is 0 Å². The third-order valence-electron chi connectivity index (χ3n) is 3.97. The second-order valence-electron chi connectivity index (χ2n) is 5.98. The summed E-state index contributed by atoms with van der Waals surface area (Å²) in [4.78, 5) is 23.0. The maximum atomic E-state index is 11.8. The molecule has 138 valence electrons. The van der Waals surface area contributed by atoms with Gasteiger partial charge in [0, 0.05) is 18.5 Å². The van der Waals surface area contributed by atoms with Crippen LogP contribution in [0.25, 0.3) is 0 Å². The lowest BCUT2D eigenvalue weighted by molar-refractivity contribution is -0.121. The minimum atomic E-state index is 0.0223. The maximum Gasteiger partial charge on any atom is 0.220 e. The highest BCUT2D eigenvalue weighted by molar-refractivity contribution is 5.94. The van der Waals surface area contributed by atoms with Crippen LogP contribution >= 0.6 is 0 Å². The summed E-state index contributed by atoms with van der Waals surface area (Å²) >= 11 is 0. The van der Waals surface area contributed by atoms with Gasteiger partial charge in [0.1, 0.15) is 11.5 Å². The third-order valence-corrected chi connectivity index (χ3v) is 3.97. The molecule has 0 aliphatic carbocycles. The predicted octanol–water partition coefficient (Wildman–Crippen LogP) is 3.42. The van der Waals surface area contributed by atoms with E-state index in [4.69, 9.17) is 9.47 Å². The van der Waals surface area contributed by atoms with Gasteiger partial charge in [0.25, 0.3) is 0 Å². The van der Waals surface area contributed by atoms with Gasteiger partial charge in [-0.15, -0.1) is 0 Å². The molecule has 2 aromatic rings. The van der Waals surface area contributed by atoms with E-state index in [0.717, 1.165) is 17.7 Å². The quantitative estimate of drug-likeness (QED) is 0.524. The van der Waals surface area contributed by atoms with Crippen LogP contribution in [0.2, 0.25) is 0 Å². The van der Waals surface area contributed by atoms with Gasteiger partial charge in [0.15, 0.2) is 5.78 Å². The first-order valence-corrected chi connectivity index (χ1v) is 8.72. The van der Waals surface area contributed by atoms with Gasteiger partial charge < -0.3 is 14.8 Å². The standard InChI is InChI=1S/C21H25NO4/c1-16(23)18-7-11-20(12-8-18)26-15-3-4-21(24)22-14-13-17-5-9-19(25-2)10-6-17/h5-12H,3-4,13-15H2,1-2H3,(H,22,24). The number of hydrogen-bond acceptors (Lipinski definition) is 4. The van der Waals surface area contributed by atoms with Crippen LogP contribution in [-0.2, 0) is 11.2 Å². The largest absolute Gasteiger partial charge is 0.497 e. The smallest absolute Gasteiger partial charge is 0.220 e. The van der Waals surface area contributed by atoms with E-state index in [1.165, 1.54) is 6.92 Å². The van der Waals surface area contributed by atoms with Gasteiger partial charge in [-0.2, -0.15) is 0 Å². The summed E-state index contributed by atoms with van der Waals surface area (Å²) in [6.45, 7) is 2.60. The fourth-order valence-corrected chi connectivity index (χ4v) is 2.44. The molecule has 1 N–H and O–H groups in total. The molecule has 2 aromatic carbocycles. The molecular weight excluding hydrogens is 330 g/mol. The van der Waals surface area contributed by atoms with Crippen LogP contribution in [0.3, 0.4) is 0 Å². The van der Waals surface area contributed by atoms with Crippen molar-refractivity contribution in [2.24, 2.45) is 0 Å². The fraction of sp³-hybridized carbons (Fsp3) is 0.333. The molecule has 0 aliphatic rings. The number of ether oxygens (including phenoxy) is 2. The molecule has 0 radical (unpaired) electrons. The van der Waals surface area contributed by atoms with E-state index >= 15 is 0 Å². The van der Waals surface area contributed by atoms with Crippen molar-refractivity contribution in [3.63, 3.8) is 0 Å². The topological polar surface area (TPSA) is 64.6 Å². The number of carbonyl (C=O) groups is 2. The lowest BCUT2D eigenvalue weighted by atomic mass is 10.1. The molecule has 26 heavy (non-hydrogen) atoms. The van der Waals surface area contributed by atoms with Crippen LogP contribution in [0.1, 0.15) is 35.7 Å². The molecule has 0 fully saturated rings. The average Bonchev–Trinajstić information content (AvgIpc) is 2.66. The molecule has 0 aliphatic heterocycles. The third kappa shape index (κ3) is 6.59. The Morgan fingerprint density at radius 1 is 0.962 bits per heavy atom. The van der Waals surface area contributed by atoms with E-state index in [1.54, 1.807) is 31.4 Å². The molecular formula is C21H25NO4. The Morgan fingerprint density at radius 3 is 2.23 bits per heavy atom. The fourth-order valence-electron chi connectivity index (χ4n) is 2.44. The van der Waals surface area contributed by atoms with Crippen molar-refractivity contribution in [1.29, 1.82) is 0 Å². The Bertz CT molecular complexity index is 708. The molecule has 0 unspecified atom stereocenters. The summed E-state index contributed by atoms with van der Waals surface area (Å²) in [7, 11) is 1.64. The number of hydrogen-bond donors (Lipinski definition) is 1. The van der Waals surface area contributed by atoms with Gasteiger partial charge in [-0.3, -0.25) is 9.59 Å². The van der Waals surface area contributed by atoms with Gasteiger partial charge in [-0.1, -0.05) is 12.1 Å². The number of carbonyl (C=O) groups excluding carboxylic acids is 2. The highest BCUT2D eigenvalue weighted by atomic mass is 16.5. The number of methoxy groups -OCH3 is 1. The number of rotatable bonds is 10. The Kier molecular flexibility index (Phi) is 7.68. The zero-order chi connectivity index (χ0) is 18.8. The first-order chi connectivity index (χ1) is 12.6. The lowest BCUT2D eigenvalue weighted by Crippen LogP contribution is -2.25. The normalized spacial score (nSPS) is 10.2. The minimum absolute atomic E-state index is 0.0223. The first kappa shape index (κ1) is 19.5. The second kappa shape index (κ2) is 10.2. The molecule has 5 nitrogen and oxygen atoms in total. The summed E-state index contributed by atoms with van der Waals surface area (Å²) in [5.41, 5.74) is 1.82. The number of Topliss-reactive ketones (excluding diaryl/α,β-unsaturated/α-hetero) is 1. The van der Waals surface area contributed by atoms with Crippen LogP contribution in [-0.4, -0.2) is 32.0 Å². The molecule has 1 amide bonds. The van der Waals surface area contributed by atoms with Crippen LogP contribution < -0.4 is 14.8 Å². The average molecular weight is 355 g/mol. The van der Waals surface area contributed by atoms with Crippen LogP contribution in [0.15, 0.2) is 48.5 Å². The highest BCUT2D eigenvalue weighted by Gasteiger charge is 2.03. The minimum Gasteiger partial charge on any atom is -0.497 e. The van der Waals surface area contributed by atoms with Crippen molar-refractivity contribution < 1.29 is 19.1 Å². The van der Waals surface area contributed by atoms with E-state index in [0.29, 0.717) is 37.3 Å². The maximum absolute atomic E-state index is 11.8. The van der Waals surface area contributed by atoms with E-state index in [9.17, 15) is 9.59 Å². The van der Waals surface area contributed by atoms with E-state index in [-0.39, 0.29) is 11.7 Å². The molecule has 0 bridgehead atoms. The number of nitrogens with one attached hydrogen (secondary N) is 1. The van der Waals surface area contributed by atoms with E-state index < -0.39 is 0 Å². The second-order valence-corrected chi connectivity index (χ2v) is 5.98. The zero-order valence-electron chi connectivity index (χ0n) is 15.3. The van der Waals surface area contributed by atoms with E-state index in [2.05, 4.69) is 5.32 Å². The molecule has 0 atom stereocenters. The molecule has 2 rings (SSSR count). The lowest BCUT2D eigenvalue weighted by Gasteiger charge is -2.08. The monoisotopic (exact) mass is 355 g/mol. The number of ketones is 1. The van der Waals surface area contributed by atoms with Crippen LogP contribution in [0, 0.1) is 0 Å². The van der Waals surface area contributed by atoms with E-state index in [1.807, 2.05) is 24.3 Å². The Labute approximate surface area is 154 Å². The Balaban J connectivity index is 1.59.